The zero-order valence-electron chi connectivity index (χ0n) is 26.3. The first-order chi connectivity index (χ1) is 21.2. The topological polar surface area (TPSA) is 86.8 Å². The largest absolute Gasteiger partial charge is 0.350 e. The number of nitrogens with one attached hydrogen (secondary N) is 1. The minimum atomic E-state index is -4.39. The van der Waals surface area contributed by atoms with Crippen LogP contribution >= 0.6 is 0 Å². The van der Waals surface area contributed by atoms with E-state index in [0.717, 1.165) is 32.6 Å². The Morgan fingerprint density at radius 2 is 1.42 bits per heavy atom. The second-order valence-corrected chi connectivity index (χ2v) is 14.1. The first kappa shape index (κ1) is 33.4. The number of hydrogen-bond acceptors (Lipinski definition) is 4. The molecule has 4 rings (SSSR count). The number of carbonyl (C=O) groups excluding carboxylic acids is 2. The normalized spacial score (nSPS) is 12.3. The molecule has 0 fully saturated rings. The molecule has 4 aromatic rings. The van der Waals surface area contributed by atoms with Gasteiger partial charge >= 0.3 is 0 Å². The van der Waals surface area contributed by atoms with Crippen molar-refractivity contribution in [1.29, 1.82) is 0 Å². The van der Waals surface area contributed by atoms with E-state index in [1.54, 1.807) is 12.1 Å². The van der Waals surface area contributed by atoms with E-state index in [4.69, 9.17) is 0 Å². The van der Waals surface area contributed by atoms with E-state index in [-0.39, 0.29) is 29.5 Å². The van der Waals surface area contributed by atoms with Crippen LogP contribution in [0.1, 0.15) is 43.0 Å². The molecule has 45 heavy (non-hydrogen) atoms. The van der Waals surface area contributed by atoms with Crippen LogP contribution in [0.15, 0.2) is 108 Å². The summed E-state index contributed by atoms with van der Waals surface area (Å²) >= 11 is 0. The molecule has 0 spiro atoms. The maximum Gasteiger partial charge on any atom is 0.264 e. The molecular formula is C36H40FN3O4S. The minimum absolute atomic E-state index is 0.0330. The maximum absolute atomic E-state index is 15.3. The smallest absolute Gasteiger partial charge is 0.264 e. The number of aryl methyl sites for hydroxylation is 2. The van der Waals surface area contributed by atoms with Gasteiger partial charge in [-0.1, -0.05) is 90.0 Å². The zero-order valence-corrected chi connectivity index (χ0v) is 27.1. The highest BCUT2D eigenvalue weighted by Crippen LogP contribution is 2.27. The number of benzene rings is 4. The number of halogens is 1. The minimum Gasteiger partial charge on any atom is -0.350 e. The van der Waals surface area contributed by atoms with Gasteiger partial charge in [0.15, 0.2) is 0 Å². The highest BCUT2D eigenvalue weighted by atomic mass is 32.2. The highest BCUT2D eigenvalue weighted by molar-refractivity contribution is 7.92. The van der Waals surface area contributed by atoms with Crippen molar-refractivity contribution in [2.24, 2.45) is 0 Å². The molecule has 0 aromatic heterocycles. The monoisotopic (exact) mass is 629 g/mol. The summed E-state index contributed by atoms with van der Waals surface area (Å²) in [6.45, 7) is 8.62. The van der Waals surface area contributed by atoms with Gasteiger partial charge in [0.25, 0.3) is 10.0 Å². The third kappa shape index (κ3) is 8.79. The van der Waals surface area contributed by atoms with Crippen molar-refractivity contribution in [3.8, 4) is 0 Å². The lowest BCUT2D eigenvalue weighted by atomic mass is 10.0. The molecule has 0 unspecified atom stereocenters. The number of anilines is 1. The van der Waals surface area contributed by atoms with Crippen molar-refractivity contribution in [3.05, 3.63) is 131 Å². The van der Waals surface area contributed by atoms with Crippen LogP contribution in [0.3, 0.4) is 0 Å². The molecule has 0 aliphatic carbocycles. The fraction of sp³-hybridized carbons (Fsp3) is 0.278. The van der Waals surface area contributed by atoms with Crippen LogP contribution in [0.2, 0.25) is 0 Å². The lowest BCUT2D eigenvalue weighted by Crippen LogP contribution is -2.56. The molecule has 4 aromatic carbocycles. The summed E-state index contributed by atoms with van der Waals surface area (Å²) in [6.07, 6.45) is 0.185. The molecule has 2 amide bonds. The number of para-hydroxylation sites is 1. The Hall–Kier alpha value is -4.50. The molecule has 236 valence electrons. The van der Waals surface area contributed by atoms with Gasteiger partial charge in [-0.3, -0.25) is 13.9 Å². The van der Waals surface area contributed by atoms with E-state index in [2.05, 4.69) is 5.32 Å². The predicted molar refractivity (Wildman–Crippen MR) is 176 cm³/mol. The molecular weight excluding hydrogens is 589 g/mol. The van der Waals surface area contributed by atoms with Crippen LogP contribution in [-0.4, -0.2) is 43.3 Å². The summed E-state index contributed by atoms with van der Waals surface area (Å²) in [6, 6.07) is 27.5. The van der Waals surface area contributed by atoms with Crippen molar-refractivity contribution in [2.75, 3.05) is 10.8 Å². The Morgan fingerprint density at radius 3 is 2.04 bits per heavy atom. The van der Waals surface area contributed by atoms with Gasteiger partial charge in [0, 0.05) is 18.5 Å². The first-order valence-corrected chi connectivity index (χ1v) is 16.2. The van der Waals surface area contributed by atoms with Gasteiger partial charge in [0.2, 0.25) is 11.8 Å². The first-order valence-electron chi connectivity index (χ1n) is 14.8. The number of rotatable bonds is 11. The number of amides is 2. The average Bonchev–Trinajstić information content (AvgIpc) is 2.98. The van der Waals surface area contributed by atoms with Crippen LogP contribution < -0.4 is 9.62 Å². The van der Waals surface area contributed by atoms with Gasteiger partial charge in [-0.25, -0.2) is 12.8 Å². The van der Waals surface area contributed by atoms with Crippen LogP contribution in [0.4, 0.5) is 10.1 Å². The van der Waals surface area contributed by atoms with Crippen molar-refractivity contribution >= 4 is 27.5 Å². The molecule has 0 heterocycles. The zero-order chi connectivity index (χ0) is 32.8. The summed E-state index contributed by atoms with van der Waals surface area (Å²) in [5.74, 6) is -1.83. The van der Waals surface area contributed by atoms with Gasteiger partial charge < -0.3 is 10.2 Å². The fourth-order valence-electron chi connectivity index (χ4n) is 5.02. The van der Waals surface area contributed by atoms with Crippen LogP contribution in [0.5, 0.6) is 0 Å². The van der Waals surface area contributed by atoms with Gasteiger partial charge in [0.05, 0.1) is 10.6 Å². The van der Waals surface area contributed by atoms with Crippen LogP contribution in [-0.2, 0) is 32.6 Å². The van der Waals surface area contributed by atoms with Crippen molar-refractivity contribution < 1.29 is 22.4 Å². The van der Waals surface area contributed by atoms with E-state index in [9.17, 15) is 18.0 Å². The van der Waals surface area contributed by atoms with Gasteiger partial charge in [-0.05, 0) is 70.0 Å². The molecule has 0 aliphatic rings. The molecule has 7 nitrogen and oxygen atoms in total. The molecule has 0 saturated heterocycles. The molecule has 9 heteroatoms. The number of carbonyl (C=O) groups is 2. The lowest BCUT2D eigenvalue weighted by molar-refractivity contribution is -0.140. The van der Waals surface area contributed by atoms with Gasteiger partial charge in [0.1, 0.15) is 18.4 Å². The predicted octanol–water partition coefficient (Wildman–Crippen LogP) is 6.19. The van der Waals surface area contributed by atoms with E-state index >= 15 is 4.39 Å². The number of hydrogen-bond donors (Lipinski definition) is 1. The Bertz CT molecular complexity index is 1740. The second kappa shape index (κ2) is 14.1. The fourth-order valence-corrected chi connectivity index (χ4v) is 6.44. The standard InChI is InChI=1S/C36H40FN3O4S/c1-26-18-20-30(21-19-26)45(43,44)40(32-17-10-9-16-31(32)37)25-34(41)39(24-29-15-11-12-27(2)22-29)33(35(42)38-36(3,4)5)23-28-13-7-6-8-14-28/h6-22,33H,23-25H2,1-5H3,(H,38,42)/t33-/m0/s1. The SMILES string of the molecule is Cc1ccc(S(=O)(=O)N(CC(=O)N(Cc2cccc(C)c2)[C@@H](Cc2ccccc2)C(=O)NC(C)(C)C)c2ccccc2F)cc1. The highest BCUT2D eigenvalue weighted by Gasteiger charge is 2.36. The summed E-state index contributed by atoms with van der Waals surface area (Å²) < 4.78 is 44.1. The van der Waals surface area contributed by atoms with Crippen LogP contribution in [0.25, 0.3) is 0 Å². The number of nitrogens with zero attached hydrogens (tertiary/aromatic N) is 2. The van der Waals surface area contributed by atoms with E-state index in [1.807, 2.05) is 89.2 Å². The quantitative estimate of drug-likeness (QED) is 0.214. The van der Waals surface area contributed by atoms with Crippen molar-refractivity contribution in [3.63, 3.8) is 0 Å². The Morgan fingerprint density at radius 1 is 0.800 bits per heavy atom. The van der Waals surface area contributed by atoms with Crippen LogP contribution in [0, 0.1) is 19.7 Å². The van der Waals surface area contributed by atoms with Gasteiger partial charge in [-0.2, -0.15) is 0 Å². The Kier molecular flexibility index (Phi) is 10.4. The van der Waals surface area contributed by atoms with Crippen molar-refractivity contribution in [2.45, 2.75) is 64.1 Å². The van der Waals surface area contributed by atoms with E-state index in [1.165, 1.54) is 35.2 Å². The molecule has 1 atom stereocenters. The Balaban J connectivity index is 1.83. The summed E-state index contributed by atoms with van der Waals surface area (Å²) in [7, 11) is -4.39. The second-order valence-electron chi connectivity index (χ2n) is 12.2. The summed E-state index contributed by atoms with van der Waals surface area (Å²) in [5.41, 5.74) is 2.54. The van der Waals surface area contributed by atoms with Gasteiger partial charge in [-0.15, -0.1) is 0 Å². The molecule has 0 saturated carbocycles. The number of sulfonamides is 1. The van der Waals surface area contributed by atoms with Crippen molar-refractivity contribution in [1.82, 2.24) is 10.2 Å². The molecule has 0 bridgehead atoms. The van der Waals surface area contributed by atoms with E-state index in [0.29, 0.717) is 0 Å². The molecule has 0 radical (unpaired) electrons. The third-order valence-corrected chi connectivity index (χ3v) is 8.99. The third-order valence-electron chi connectivity index (χ3n) is 7.21. The summed E-state index contributed by atoms with van der Waals surface area (Å²) in [5, 5.41) is 3.00. The maximum atomic E-state index is 15.3. The van der Waals surface area contributed by atoms with E-state index < -0.39 is 39.9 Å². The molecule has 0 aliphatic heterocycles. The summed E-state index contributed by atoms with van der Waals surface area (Å²) in [4.78, 5) is 29.7. The average molecular weight is 630 g/mol. The molecule has 1 N–H and O–H groups in total. The lowest BCUT2D eigenvalue weighted by Gasteiger charge is -2.35. The Labute approximate surface area is 265 Å².